The van der Waals surface area contributed by atoms with E-state index in [1.807, 2.05) is 6.92 Å². The van der Waals surface area contributed by atoms with Crippen LogP contribution in [0.4, 0.5) is 5.82 Å². The van der Waals surface area contributed by atoms with Crippen molar-refractivity contribution in [2.45, 2.75) is 18.4 Å². The first-order valence-electron chi connectivity index (χ1n) is 7.27. The minimum absolute atomic E-state index is 0.0111. The van der Waals surface area contributed by atoms with Gasteiger partial charge in [-0.1, -0.05) is 30.1 Å². The summed E-state index contributed by atoms with van der Waals surface area (Å²) in [6, 6.07) is 5.04. The van der Waals surface area contributed by atoms with Gasteiger partial charge in [0.1, 0.15) is 5.03 Å². The third-order valence-electron chi connectivity index (χ3n) is 2.98. The number of rotatable bonds is 7. The van der Waals surface area contributed by atoms with E-state index in [1.54, 1.807) is 18.2 Å². The molecule has 0 saturated carbocycles. The van der Waals surface area contributed by atoms with E-state index in [9.17, 15) is 8.42 Å². The van der Waals surface area contributed by atoms with Gasteiger partial charge < -0.3 is 4.74 Å². The number of nitrogens with one attached hydrogen (secondary N) is 1. The molecule has 0 unspecified atom stereocenters. The van der Waals surface area contributed by atoms with Crippen molar-refractivity contribution in [2.24, 2.45) is 0 Å². The molecule has 136 valence electrons. The van der Waals surface area contributed by atoms with Crippen LogP contribution in [0.15, 0.2) is 23.2 Å². The van der Waals surface area contributed by atoms with Crippen molar-refractivity contribution in [3.8, 4) is 16.9 Å². The van der Waals surface area contributed by atoms with Crippen molar-refractivity contribution < 1.29 is 13.2 Å². The van der Waals surface area contributed by atoms with E-state index >= 15 is 0 Å². The van der Waals surface area contributed by atoms with Gasteiger partial charge in [-0.2, -0.15) is 0 Å². The summed E-state index contributed by atoms with van der Waals surface area (Å²) in [5.41, 5.74) is 1.26. The predicted molar refractivity (Wildman–Crippen MR) is 104 cm³/mol. The number of halogens is 2. The van der Waals surface area contributed by atoms with Gasteiger partial charge >= 0.3 is 0 Å². The molecule has 0 saturated heterocycles. The maximum atomic E-state index is 11.6. The number of sulfonamides is 1. The van der Waals surface area contributed by atoms with Crippen molar-refractivity contribution >= 4 is 50.8 Å². The van der Waals surface area contributed by atoms with Crippen LogP contribution in [-0.2, 0) is 10.0 Å². The van der Waals surface area contributed by atoms with E-state index in [4.69, 9.17) is 27.9 Å². The van der Waals surface area contributed by atoms with Crippen molar-refractivity contribution in [1.82, 2.24) is 10.2 Å². The Hall–Kier alpha value is -1.22. The number of anilines is 1. The molecule has 0 spiro atoms. The molecule has 1 aromatic heterocycles. The number of nitrogens with zero attached hydrogens (tertiary/aromatic N) is 2. The molecule has 10 heteroatoms. The van der Waals surface area contributed by atoms with Gasteiger partial charge in [0, 0.05) is 10.0 Å². The second kappa shape index (κ2) is 8.44. The van der Waals surface area contributed by atoms with Crippen LogP contribution in [-0.4, -0.2) is 37.7 Å². The second-order valence-electron chi connectivity index (χ2n) is 5.14. The Labute approximate surface area is 161 Å². The molecule has 0 aliphatic heterocycles. The summed E-state index contributed by atoms with van der Waals surface area (Å²) < 4.78 is 31.0. The molecule has 0 aliphatic carbocycles. The third-order valence-corrected chi connectivity index (χ3v) is 5.15. The maximum Gasteiger partial charge on any atom is 0.231 e. The van der Waals surface area contributed by atoms with Crippen LogP contribution in [0.2, 0.25) is 10.0 Å². The fraction of sp³-hybridized carbons (Fsp3) is 0.333. The largest absolute Gasteiger partial charge is 0.492 e. The van der Waals surface area contributed by atoms with Gasteiger partial charge in [-0.25, -0.2) is 8.42 Å². The summed E-state index contributed by atoms with van der Waals surface area (Å²) in [4.78, 5) is 0. The van der Waals surface area contributed by atoms with E-state index in [1.165, 1.54) is 18.9 Å². The summed E-state index contributed by atoms with van der Waals surface area (Å²) in [5, 5.41) is 9.64. The lowest BCUT2D eigenvalue weighted by Gasteiger charge is -2.16. The smallest absolute Gasteiger partial charge is 0.231 e. The molecule has 1 N–H and O–H groups in total. The summed E-state index contributed by atoms with van der Waals surface area (Å²) in [5.74, 6) is 1.09. The molecule has 0 fully saturated rings. The molecule has 0 atom stereocenters. The quantitative estimate of drug-likeness (QED) is 0.669. The number of aromatic nitrogens is 2. The SMILES string of the molecule is CCCSc1nnc(NS(C)(=O)=O)c(OC)c1-c1cc(Cl)cc(Cl)c1. The lowest BCUT2D eigenvalue weighted by Crippen LogP contribution is -2.13. The van der Waals surface area contributed by atoms with E-state index in [2.05, 4.69) is 14.9 Å². The highest BCUT2D eigenvalue weighted by atomic mass is 35.5. The lowest BCUT2D eigenvalue weighted by atomic mass is 10.1. The summed E-state index contributed by atoms with van der Waals surface area (Å²) in [6.07, 6.45) is 1.97. The topological polar surface area (TPSA) is 81.2 Å². The molecule has 2 rings (SSSR count). The fourth-order valence-electron chi connectivity index (χ4n) is 2.10. The van der Waals surface area contributed by atoms with Crippen LogP contribution in [0.25, 0.3) is 11.1 Å². The first kappa shape index (κ1) is 20.1. The fourth-order valence-corrected chi connectivity index (χ4v) is 3.96. The molecule has 2 aromatic rings. The van der Waals surface area contributed by atoms with Crippen molar-refractivity contribution in [3.63, 3.8) is 0 Å². The van der Waals surface area contributed by atoms with Gasteiger partial charge in [0.05, 0.1) is 18.9 Å². The molecular formula is C15H17Cl2N3O3S2. The first-order chi connectivity index (χ1) is 11.7. The monoisotopic (exact) mass is 421 g/mol. The van der Waals surface area contributed by atoms with Crippen LogP contribution < -0.4 is 9.46 Å². The molecule has 1 aromatic carbocycles. The van der Waals surface area contributed by atoms with Gasteiger partial charge in [0.2, 0.25) is 15.8 Å². The van der Waals surface area contributed by atoms with Crippen molar-refractivity contribution in [1.29, 1.82) is 0 Å². The van der Waals surface area contributed by atoms with Gasteiger partial charge in [-0.05, 0) is 35.9 Å². The molecule has 0 aliphatic rings. The summed E-state index contributed by atoms with van der Waals surface area (Å²) in [6.45, 7) is 2.05. The second-order valence-corrected chi connectivity index (χ2v) is 8.85. The Morgan fingerprint density at radius 1 is 1.20 bits per heavy atom. The summed E-state index contributed by atoms with van der Waals surface area (Å²) in [7, 11) is -2.11. The van der Waals surface area contributed by atoms with Gasteiger partial charge in [0.25, 0.3) is 0 Å². The minimum atomic E-state index is -3.55. The molecule has 25 heavy (non-hydrogen) atoms. The zero-order valence-corrected chi connectivity index (χ0v) is 17.0. The van der Waals surface area contributed by atoms with E-state index < -0.39 is 10.0 Å². The van der Waals surface area contributed by atoms with Crippen LogP contribution in [0.3, 0.4) is 0 Å². The highest BCUT2D eigenvalue weighted by molar-refractivity contribution is 7.99. The average Bonchev–Trinajstić information content (AvgIpc) is 2.50. The minimum Gasteiger partial charge on any atom is -0.492 e. The zero-order chi connectivity index (χ0) is 18.6. The predicted octanol–water partition coefficient (Wildman–Crippen LogP) is 4.33. The number of thioether (sulfide) groups is 1. The highest BCUT2D eigenvalue weighted by Gasteiger charge is 2.22. The molecule has 6 nitrogen and oxygen atoms in total. The van der Waals surface area contributed by atoms with Gasteiger partial charge in [-0.15, -0.1) is 22.0 Å². The number of ether oxygens (including phenoxy) is 1. The molecule has 0 radical (unpaired) electrons. The van der Waals surface area contributed by atoms with E-state index in [-0.39, 0.29) is 11.6 Å². The van der Waals surface area contributed by atoms with Crippen LogP contribution in [0, 0.1) is 0 Å². The van der Waals surface area contributed by atoms with Crippen LogP contribution >= 0.6 is 35.0 Å². The zero-order valence-electron chi connectivity index (χ0n) is 13.8. The Kier molecular flexibility index (Phi) is 6.79. The van der Waals surface area contributed by atoms with E-state index in [0.717, 1.165) is 18.4 Å². The van der Waals surface area contributed by atoms with E-state index in [0.29, 0.717) is 26.2 Å². The first-order valence-corrected chi connectivity index (χ1v) is 10.9. The Morgan fingerprint density at radius 3 is 2.36 bits per heavy atom. The highest BCUT2D eigenvalue weighted by Crippen LogP contribution is 2.42. The number of methoxy groups -OCH3 is 1. The molecule has 0 bridgehead atoms. The number of benzene rings is 1. The van der Waals surface area contributed by atoms with Crippen LogP contribution in [0.5, 0.6) is 5.75 Å². The third kappa shape index (κ3) is 5.37. The number of hydrogen-bond acceptors (Lipinski definition) is 6. The van der Waals surface area contributed by atoms with Gasteiger partial charge in [-0.3, -0.25) is 4.72 Å². The normalized spacial score (nSPS) is 11.4. The van der Waals surface area contributed by atoms with Gasteiger partial charge in [0.15, 0.2) is 5.75 Å². The van der Waals surface area contributed by atoms with Crippen LogP contribution in [0.1, 0.15) is 13.3 Å². The molecular weight excluding hydrogens is 405 g/mol. The molecule has 0 amide bonds. The number of hydrogen-bond donors (Lipinski definition) is 1. The Bertz CT molecular complexity index is 856. The Morgan fingerprint density at radius 2 is 1.84 bits per heavy atom. The average molecular weight is 422 g/mol. The lowest BCUT2D eigenvalue weighted by molar-refractivity contribution is 0.414. The Balaban J connectivity index is 2.72. The summed E-state index contributed by atoms with van der Waals surface area (Å²) >= 11 is 13.7. The maximum absolute atomic E-state index is 11.6. The van der Waals surface area contributed by atoms with Crippen molar-refractivity contribution in [3.05, 3.63) is 28.2 Å². The molecule has 1 heterocycles. The van der Waals surface area contributed by atoms with Crippen molar-refractivity contribution in [2.75, 3.05) is 23.8 Å². The standard InChI is InChI=1S/C15H17Cl2N3O3S2/c1-4-5-24-15-12(9-6-10(16)8-11(17)7-9)13(23-2)14(18-19-15)20-25(3,21)22/h6-8H,4-5H2,1-3H3,(H,18,20).